The van der Waals surface area contributed by atoms with Gasteiger partial charge in [0.15, 0.2) is 17.3 Å². The number of allylic oxidation sites excluding steroid dienone is 5. The predicted molar refractivity (Wildman–Crippen MR) is 122 cm³/mol. The predicted octanol–water partition coefficient (Wildman–Crippen LogP) is 5.19. The van der Waals surface area contributed by atoms with E-state index in [1.165, 1.54) is 6.08 Å². The Bertz CT molecular complexity index is 929. The first-order valence-corrected chi connectivity index (χ1v) is 10.2. The Balaban J connectivity index is 2.35. The van der Waals surface area contributed by atoms with E-state index >= 15 is 0 Å². The van der Waals surface area contributed by atoms with Crippen LogP contribution in [0.4, 0.5) is 0 Å². The van der Waals surface area contributed by atoms with Gasteiger partial charge >= 0.3 is 0 Å². The van der Waals surface area contributed by atoms with E-state index in [-0.39, 0.29) is 18.6 Å². The number of Topliss-reactive ketones (excluding diaryl/α,β-unsaturated/α-hetero) is 1. The largest absolute Gasteiger partial charge is 0.511 e. The van der Waals surface area contributed by atoms with E-state index in [4.69, 9.17) is 4.74 Å². The lowest BCUT2D eigenvalue weighted by atomic mass is 9.64. The monoisotopic (exact) mass is 422 g/mol. The number of aliphatic hydroxyl groups is 1. The molecule has 0 saturated carbocycles. The fourth-order valence-corrected chi connectivity index (χ4v) is 3.63. The Morgan fingerprint density at radius 2 is 1.65 bits per heavy atom. The van der Waals surface area contributed by atoms with Crippen molar-refractivity contribution in [3.05, 3.63) is 72.0 Å². The lowest BCUT2D eigenvalue weighted by Crippen LogP contribution is -2.47. The molecule has 1 aromatic carbocycles. The summed E-state index contributed by atoms with van der Waals surface area (Å²) in [5, 5.41) is 10.7. The van der Waals surface area contributed by atoms with Crippen molar-refractivity contribution in [2.45, 2.75) is 39.5 Å². The number of carbonyl (C=O) groups is 3. The van der Waals surface area contributed by atoms with Gasteiger partial charge in [0.2, 0.25) is 0 Å². The van der Waals surface area contributed by atoms with Crippen molar-refractivity contribution in [1.29, 1.82) is 0 Å². The van der Waals surface area contributed by atoms with Gasteiger partial charge in [-0.1, -0.05) is 29.4 Å². The van der Waals surface area contributed by atoms with Crippen molar-refractivity contribution in [1.82, 2.24) is 0 Å². The normalized spacial score (nSPS) is 18.0. The molecule has 5 heteroatoms. The van der Waals surface area contributed by atoms with E-state index in [0.29, 0.717) is 18.6 Å². The Kier molecular flexibility index (Phi) is 7.92. The maximum absolute atomic E-state index is 13.5. The van der Waals surface area contributed by atoms with Gasteiger partial charge in [0.25, 0.3) is 0 Å². The van der Waals surface area contributed by atoms with Gasteiger partial charge in [0, 0.05) is 6.08 Å². The molecule has 5 nitrogen and oxygen atoms in total. The van der Waals surface area contributed by atoms with Crippen molar-refractivity contribution in [2.24, 2.45) is 11.3 Å². The summed E-state index contributed by atoms with van der Waals surface area (Å²) in [6, 6.07) is 7.04. The second-order valence-corrected chi connectivity index (χ2v) is 8.23. The lowest BCUT2D eigenvalue weighted by Gasteiger charge is -2.37. The topological polar surface area (TPSA) is 80.7 Å². The minimum absolute atomic E-state index is 0.270. The highest BCUT2D eigenvalue weighted by Gasteiger charge is 2.51. The molecule has 2 rings (SSSR count). The molecule has 0 amide bonds. The molecule has 0 saturated heterocycles. The number of hydrogen-bond donors (Lipinski definition) is 1. The minimum atomic E-state index is -1.46. The van der Waals surface area contributed by atoms with E-state index in [1.807, 2.05) is 13.8 Å². The fourth-order valence-electron chi connectivity index (χ4n) is 3.63. The van der Waals surface area contributed by atoms with E-state index in [1.54, 1.807) is 37.5 Å². The van der Waals surface area contributed by atoms with Gasteiger partial charge in [-0.05, 0) is 63.3 Å². The minimum Gasteiger partial charge on any atom is -0.511 e. The third kappa shape index (κ3) is 5.69. The highest BCUT2D eigenvalue weighted by molar-refractivity contribution is 6.28. The van der Waals surface area contributed by atoms with Crippen molar-refractivity contribution in [3.63, 3.8) is 0 Å². The molecule has 1 atom stereocenters. The third-order valence-electron chi connectivity index (χ3n) is 5.59. The van der Waals surface area contributed by atoms with Gasteiger partial charge in [-0.15, -0.1) is 13.2 Å². The van der Waals surface area contributed by atoms with Gasteiger partial charge in [0.1, 0.15) is 17.4 Å². The summed E-state index contributed by atoms with van der Waals surface area (Å²) in [5.41, 5.74) is 1.16. The first-order chi connectivity index (χ1) is 14.6. The number of ketones is 3. The molecule has 0 bridgehead atoms. The van der Waals surface area contributed by atoms with Gasteiger partial charge < -0.3 is 9.84 Å². The third-order valence-corrected chi connectivity index (χ3v) is 5.59. The number of hydrogen-bond acceptors (Lipinski definition) is 5. The zero-order chi connectivity index (χ0) is 23.2. The van der Waals surface area contributed by atoms with Crippen LogP contribution < -0.4 is 4.74 Å². The van der Waals surface area contributed by atoms with Crippen LogP contribution in [-0.4, -0.2) is 29.6 Å². The Morgan fingerprint density at radius 1 is 1.10 bits per heavy atom. The lowest BCUT2D eigenvalue weighted by molar-refractivity contribution is -0.143. The molecule has 1 aliphatic rings. The average molecular weight is 423 g/mol. The number of benzene rings is 1. The Morgan fingerprint density at radius 3 is 2.13 bits per heavy atom. The first kappa shape index (κ1) is 24.1. The summed E-state index contributed by atoms with van der Waals surface area (Å²) < 4.78 is 5.11. The molecule has 1 aromatic rings. The zero-order valence-electron chi connectivity index (χ0n) is 18.4. The van der Waals surface area contributed by atoms with Crippen LogP contribution in [0.3, 0.4) is 0 Å². The van der Waals surface area contributed by atoms with E-state index in [2.05, 4.69) is 13.2 Å². The number of rotatable bonds is 10. The summed E-state index contributed by atoms with van der Waals surface area (Å²) in [6.45, 7) is 11.4. The molecule has 1 N–H and O–H groups in total. The van der Waals surface area contributed by atoms with E-state index < -0.39 is 28.7 Å². The molecule has 0 aromatic heterocycles. The SMILES string of the molecule is C=C(C)CCC1(CCC(=C)C)C(=O)C(C(=O)C=Cc2ccc(OC)cc2)C(=O)C=C1O. The summed E-state index contributed by atoms with van der Waals surface area (Å²) in [7, 11) is 1.56. The second kappa shape index (κ2) is 10.2. The van der Waals surface area contributed by atoms with Gasteiger partial charge in [-0.25, -0.2) is 0 Å². The van der Waals surface area contributed by atoms with E-state index in [9.17, 15) is 19.5 Å². The van der Waals surface area contributed by atoms with Gasteiger partial charge in [0.05, 0.1) is 12.5 Å². The number of aliphatic hydroxyl groups excluding tert-OH is 1. The molecule has 0 fully saturated rings. The molecule has 1 unspecified atom stereocenters. The molecule has 1 aliphatic carbocycles. The van der Waals surface area contributed by atoms with Crippen LogP contribution in [0.5, 0.6) is 5.75 Å². The molecule has 164 valence electrons. The summed E-state index contributed by atoms with van der Waals surface area (Å²) in [5.74, 6) is -2.88. The van der Waals surface area contributed by atoms with Gasteiger partial charge in [-0.2, -0.15) is 0 Å². The van der Waals surface area contributed by atoms with Crippen LogP contribution >= 0.6 is 0 Å². The Hall–Kier alpha value is -3.21. The van der Waals surface area contributed by atoms with Crippen LogP contribution in [-0.2, 0) is 14.4 Å². The van der Waals surface area contributed by atoms with Crippen LogP contribution in [0.25, 0.3) is 6.08 Å². The van der Waals surface area contributed by atoms with E-state index in [0.717, 1.165) is 22.8 Å². The maximum atomic E-state index is 13.5. The molecule has 0 spiro atoms. The number of carbonyl (C=O) groups excluding carboxylic acids is 3. The molecular formula is C26H30O5. The fraction of sp³-hybridized carbons (Fsp3) is 0.346. The molecule has 0 radical (unpaired) electrons. The molecule has 31 heavy (non-hydrogen) atoms. The highest BCUT2D eigenvalue weighted by atomic mass is 16.5. The van der Waals surface area contributed by atoms with Crippen LogP contribution in [0, 0.1) is 11.3 Å². The maximum Gasteiger partial charge on any atom is 0.177 e. The van der Waals surface area contributed by atoms with Crippen molar-refractivity contribution in [2.75, 3.05) is 7.11 Å². The quantitative estimate of drug-likeness (QED) is 0.319. The molecular weight excluding hydrogens is 392 g/mol. The first-order valence-electron chi connectivity index (χ1n) is 10.2. The number of methoxy groups -OCH3 is 1. The molecule has 0 heterocycles. The van der Waals surface area contributed by atoms with Crippen molar-refractivity contribution >= 4 is 23.4 Å². The summed E-state index contributed by atoms with van der Waals surface area (Å²) >= 11 is 0. The number of ether oxygens (including phenoxy) is 1. The van der Waals surface area contributed by atoms with Crippen LogP contribution in [0.2, 0.25) is 0 Å². The average Bonchev–Trinajstić information content (AvgIpc) is 2.71. The van der Waals surface area contributed by atoms with Crippen LogP contribution in [0.15, 0.2) is 66.5 Å². The Labute approximate surface area is 183 Å². The summed E-state index contributed by atoms with van der Waals surface area (Å²) in [4.78, 5) is 38.9. The summed E-state index contributed by atoms with van der Waals surface area (Å²) in [6.07, 6.45) is 5.42. The smallest absolute Gasteiger partial charge is 0.177 e. The standard InChI is InChI=1S/C26H30O5/c1-17(2)12-14-26(15-13-18(3)4)23(29)16-22(28)24(25(26)30)21(27)11-8-19-6-9-20(31-5)10-7-19/h6-11,16,24,29H,1,3,12-15H2,2,4-5H3. The van der Waals surface area contributed by atoms with Gasteiger partial charge in [-0.3, -0.25) is 14.4 Å². The van der Waals surface area contributed by atoms with Crippen molar-refractivity contribution < 1.29 is 24.2 Å². The highest BCUT2D eigenvalue weighted by Crippen LogP contribution is 2.44. The van der Waals surface area contributed by atoms with Crippen molar-refractivity contribution in [3.8, 4) is 5.75 Å². The molecule has 0 aliphatic heterocycles. The zero-order valence-corrected chi connectivity index (χ0v) is 18.4. The van der Waals surface area contributed by atoms with Crippen LogP contribution in [0.1, 0.15) is 45.1 Å². The second-order valence-electron chi connectivity index (χ2n) is 8.23.